The first-order chi connectivity index (χ1) is 7.75. The second-order valence-corrected chi connectivity index (χ2v) is 3.88. The van der Waals surface area contributed by atoms with E-state index < -0.39 is 0 Å². The molecule has 1 aliphatic heterocycles. The van der Waals surface area contributed by atoms with E-state index in [1.807, 2.05) is 31.2 Å². The average molecular weight is 220 g/mol. The molecule has 86 valence electrons. The van der Waals surface area contributed by atoms with Crippen molar-refractivity contribution in [2.45, 2.75) is 6.92 Å². The molecule has 1 saturated heterocycles. The largest absolute Gasteiger partial charge is 0.492 e. The van der Waals surface area contributed by atoms with Crippen molar-refractivity contribution in [2.75, 3.05) is 26.2 Å². The minimum atomic E-state index is 0.00695. The Morgan fingerprint density at radius 3 is 2.75 bits per heavy atom. The molecule has 16 heavy (non-hydrogen) atoms. The number of carbonyl (C=O) groups excluding carboxylic acids is 1. The number of nitrogens with zero attached hydrogens (tertiary/aromatic N) is 1. The Morgan fingerprint density at radius 2 is 2.12 bits per heavy atom. The Bertz CT molecular complexity index is 362. The average Bonchev–Trinajstić information content (AvgIpc) is 2.68. The van der Waals surface area contributed by atoms with Crippen molar-refractivity contribution in [3.63, 3.8) is 0 Å². The Balaban J connectivity index is 1.75. The normalized spacial score (nSPS) is 15.1. The second-order valence-electron chi connectivity index (χ2n) is 3.88. The quantitative estimate of drug-likeness (QED) is 0.833. The molecule has 2 rings (SSSR count). The van der Waals surface area contributed by atoms with Crippen molar-refractivity contribution in [3.8, 4) is 5.75 Å². The molecule has 1 N–H and O–H groups in total. The van der Waals surface area contributed by atoms with E-state index in [1.165, 1.54) is 5.56 Å². The van der Waals surface area contributed by atoms with Gasteiger partial charge in [0.05, 0.1) is 6.54 Å². The van der Waals surface area contributed by atoms with E-state index >= 15 is 0 Å². The topological polar surface area (TPSA) is 41.6 Å². The molecule has 0 saturated carbocycles. The molecule has 1 fully saturated rings. The first-order valence-electron chi connectivity index (χ1n) is 5.48. The number of hydrogen-bond donors (Lipinski definition) is 1. The van der Waals surface area contributed by atoms with Crippen LogP contribution in [0.15, 0.2) is 24.3 Å². The van der Waals surface area contributed by atoms with Crippen LogP contribution in [0.3, 0.4) is 0 Å². The van der Waals surface area contributed by atoms with E-state index in [4.69, 9.17) is 4.74 Å². The fraction of sp³-hybridized carbons (Fsp3) is 0.417. The zero-order valence-electron chi connectivity index (χ0n) is 9.40. The van der Waals surface area contributed by atoms with Gasteiger partial charge in [-0.3, -0.25) is 0 Å². The van der Waals surface area contributed by atoms with Crippen molar-refractivity contribution >= 4 is 6.03 Å². The van der Waals surface area contributed by atoms with Crippen molar-refractivity contribution in [3.05, 3.63) is 29.8 Å². The predicted molar refractivity (Wildman–Crippen MR) is 61.6 cm³/mol. The summed E-state index contributed by atoms with van der Waals surface area (Å²) in [6, 6.07) is 7.92. The van der Waals surface area contributed by atoms with Gasteiger partial charge in [-0.25, -0.2) is 4.79 Å². The summed E-state index contributed by atoms with van der Waals surface area (Å²) in [4.78, 5) is 13.0. The molecule has 0 radical (unpaired) electrons. The highest BCUT2D eigenvalue weighted by molar-refractivity contribution is 5.76. The minimum absolute atomic E-state index is 0.00695. The molecule has 0 aliphatic carbocycles. The molecule has 1 aromatic carbocycles. The maximum Gasteiger partial charge on any atom is 0.317 e. The SMILES string of the molecule is Cc1ccc(OCCN2CCNC2=O)cc1. The Morgan fingerprint density at radius 1 is 1.38 bits per heavy atom. The van der Waals surface area contributed by atoms with Crippen molar-refractivity contribution in [1.29, 1.82) is 0 Å². The number of hydrogen-bond acceptors (Lipinski definition) is 2. The first-order valence-corrected chi connectivity index (χ1v) is 5.48. The standard InChI is InChI=1S/C12H16N2O2/c1-10-2-4-11(5-3-10)16-9-8-14-7-6-13-12(14)15/h2-5H,6-9H2,1H3,(H,13,15). The summed E-state index contributed by atoms with van der Waals surface area (Å²) in [5.74, 6) is 0.852. The smallest absolute Gasteiger partial charge is 0.317 e. The van der Waals surface area contributed by atoms with Gasteiger partial charge in [-0.2, -0.15) is 0 Å². The van der Waals surface area contributed by atoms with Gasteiger partial charge in [0.25, 0.3) is 0 Å². The van der Waals surface area contributed by atoms with E-state index in [-0.39, 0.29) is 6.03 Å². The molecule has 2 amide bonds. The summed E-state index contributed by atoms with van der Waals surface area (Å²) in [6.45, 7) is 4.73. The number of ether oxygens (including phenoxy) is 1. The predicted octanol–water partition coefficient (Wildman–Crippen LogP) is 1.40. The monoisotopic (exact) mass is 220 g/mol. The molecule has 0 aromatic heterocycles. The number of aryl methyl sites for hydroxylation is 1. The molecular formula is C12H16N2O2. The van der Waals surface area contributed by atoms with Crippen molar-refractivity contribution < 1.29 is 9.53 Å². The molecule has 1 aromatic rings. The summed E-state index contributed by atoms with van der Waals surface area (Å²) >= 11 is 0. The molecule has 0 spiro atoms. The molecule has 0 bridgehead atoms. The lowest BCUT2D eigenvalue weighted by atomic mass is 10.2. The third-order valence-corrected chi connectivity index (χ3v) is 2.60. The molecular weight excluding hydrogens is 204 g/mol. The Labute approximate surface area is 95.2 Å². The zero-order chi connectivity index (χ0) is 11.4. The van der Waals surface area contributed by atoms with Crippen LogP contribution < -0.4 is 10.1 Å². The fourth-order valence-corrected chi connectivity index (χ4v) is 1.63. The third-order valence-electron chi connectivity index (χ3n) is 2.60. The zero-order valence-corrected chi connectivity index (χ0v) is 9.40. The molecule has 4 heteroatoms. The van der Waals surface area contributed by atoms with E-state index in [0.717, 1.165) is 18.8 Å². The number of rotatable bonds is 4. The molecule has 1 heterocycles. The lowest BCUT2D eigenvalue weighted by molar-refractivity contribution is 0.202. The van der Waals surface area contributed by atoms with E-state index in [9.17, 15) is 4.79 Å². The highest BCUT2D eigenvalue weighted by atomic mass is 16.5. The summed E-state index contributed by atoms with van der Waals surface area (Å²) in [5.41, 5.74) is 1.21. The van der Waals surface area contributed by atoms with E-state index in [1.54, 1.807) is 4.90 Å². The van der Waals surface area contributed by atoms with Crippen LogP contribution in [-0.4, -0.2) is 37.2 Å². The van der Waals surface area contributed by atoms with Gasteiger partial charge in [0.1, 0.15) is 12.4 Å². The number of carbonyl (C=O) groups is 1. The molecule has 0 atom stereocenters. The van der Waals surface area contributed by atoms with Gasteiger partial charge in [-0.05, 0) is 19.1 Å². The first kappa shape index (κ1) is 10.8. The van der Waals surface area contributed by atoms with Gasteiger partial charge < -0.3 is 15.0 Å². The van der Waals surface area contributed by atoms with Crippen LogP contribution in [0.4, 0.5) is 4.79 Å². The van der Waals surface area contributed by atoms with Crippen LogP contribution in [0, 0.1) is 6.92 Å². The van der Waals surface area contributed by atoms with Crippen LogP contribution >= 0.6 is 0 Å². The van der Waals surface area contributed by atoms with Gasteiger partial charge >= 0.3 is 6.03 Å². The summed E-state index contributed by atoms with van der Waals surface area (Å²) in [5, 5.41) is 2.76. The molecule has 1 aliphatic rings. The Kier molecular flexibility index (Phi) is 3.29. The lowest BCUT2D eigenvalue weighted by Gasteiger charge is -2.14. The van der Waals surface area contributed by atoms with Gasteiger partial charge in [0.2, 0.25) is 0 Å². The van der Waals surface area contributed by atoms with E-state index in [2.05, 4.69) is 5.32 Å². The fourth-order valence-electron chi connectivity index (χ4n) is 1.63. The second kappa shape index (κ2) is 4.88. The molecule has 4 nitrogen and oxygen atoms in total. The van der Waals surface area contributed by atoms with Crippen LogP contribution in [-0.2, 0) is 0 Å². The lowest BCUT2D eigenvalue weighted by Crippen LogP contribution is -2.31. The highest BCUT2D eigenvalue weighted by Crippen LogP contribution is 2.11. The Hall–Kier alpha value is -1.71. The summed E-state index contributed by atoms with van der Waals surface area (Å²) in [6.07, 6.45) is 0. The van der Waals surface area contributed by atoms with Crippen LogP contribution in [0.25, 0.3) is 0 Å². The van der Waals surface area contributed by atoms with Gasteiger partial charge in [0.15, 0.2) is 0 Å². The van der Waals surface area contributed by atoms with Crippen LogP contribution in [0.1, 0.15) is 5.56 Å². The number of urea groups is 1. The molecule has 0 unspecified atom stereocenters. The maximum atomic E-state index is 11.2. The van der Waals surface area contributed by atoms with Crippen molar-refractivity contribution in [2.24, 2.45) is 0 Å². The van der Waals surface area contributed by atoms with Gasteiger partial charge in [0, 0.05) is 13.1 Å². The van der Waals surface area contributed by atoms with Gasteiger partial charge in [-0.1, -0.05) is 17.7 Å². The van der Waals surface area contributed by atoms with E-state index in [0.29, 0.717) is 13.2 Å². The maximum absolute atomic E-state index is 11.2. The summed E-state index contributed by atoms with van der Waals surface area (Å²) < 4.78 is 5.55. The summed E-state index contributed by atoms with van der Waals surface area (Å²) in [7, 11) is 0. The minimum Gasteiger partial charge on any atom is -0.492 e. The van der Waals surface area contributed by atoms with Crippen molar-refractivity contribution in [1.82, 2.24) is 10.2 Å². The number of amides is 2. The number of benzene rings is 1. The third kappa shape index (κ3) is 2.66. The van der Waals surface area contributed by atoms with Crippen LogP contribution in [0.2, 0.25) is 0 Å². The highest BCUT2D eigenvalue weighted by Gasteiger charge is 2.18. The van der Waals surface area contributed by atoms with Crippen LogP contribution in [0.5, 0.6) is 5.75 Å². The van der Waals surface area contributed by atoms with Gasteiger partial charge in [-0.15, -0.1) is 0 Å². The number of nitrogens with one attached hydrogen (secondary N) is 1.